The lowest BCUT2D eigenvalue weighted by atomic mass is 10.1. The molecule has 32 heavy (non-hydrogen) atoms. The van der Waals surface area contributed by atoms with Crippen molar-refractivity contribution < 1.29 is 9.13 Å². The Morgan fingerprint density at radius 3 is 2.00 bits per heavy atom. The lowest BCUT2D eigenvalue weighted by Crippen LogP contribution is -2.00. The number of fused-ring (bicyclic) bond motifs is 1. The zero-order valence-electron chi connectivity index (χ0n) is 19.6. The number of para-hydroxylation sites is 1. The Kier molecular flexibility index (Phi) is 10.5. The first-order valence-electron chi connectivity index (χ1n) is 12.6. The molecule has 1 heterocycles. The summed E-state index contributed by atoms with van der Waals surface area (Å²) in [5.41, 5.74) is 1.96. The molecule has 2 aromatic carbocycles. The number of hydrogen-bond donors (Lipinski definition) is 0. The minimum Gasteiger partial charge on any atom is -0.493 e. The molecule has 0 amide bonds. The number of rotatable bonds is 15. The minimum atomic E-state index is -0.262. The number of nitrogens with zero attached hydrogens (tertiary/aromatic N) is 1. The van der Waals surface area contributed by atoms with Crippen LogP contribution in [0.2, 0.25) is 0 Å². The van der Waals surface area contributed by atoms with E-state index < -0.39 is 0 Å². The van der Waals surface area contributed by atoms with Crippen molar-refractivity contribution in [2.75, 3.05) is 6.61 Å². The Balaban J connectivity index is 1.42. The van der Waals surface area contributed by atoms with E-state index in [4.69, 9.17) is 4.74 Å². The minimum absolute atomic E-state index is 0.262. The summed E-state index contributed by atoms with van der Waals surface area (Å²) in [7, 11) is 0. The van der Waals surface area contributed by atoms with Crippen molar-refractivity contribution in [2.24, 2.45) is 0 Å². The molecule has 1 aromatic heterocycles. The quantitative estimate of drug-likeness (QED) is 0.222. The summed E-state index contributed by atoms with van der Waals surface area (Å²) in [5.74, 6) is 0.527. The van der Waals surface area contributed by atoms with Crippen LogP contribution in [0.3, 0.4) is 0 Å². The largest absolute Gasteiger partial charge is 0.493 e. The first-order chi connectivity index (χ1) is 15.8. The van der Waals surface area contributed by atoms with E-state index in [9.17, 15) is 4.39 Å². The highest BCUT2D eigenvalue weighted by Gasteiger charge is 2.11. The van der Waals surface area contributed by atoms with Gasteiger partial charge in [-0.1, -0.05) is 102 Å². The number of aromatic nitrogens is 1. The van der Waals surface area contributed by atoms with Crippen molar-refractivity contribution in [3.05, 3.63) is 60.4 Å². The molecule has 3 heteroatoms. The molecule has 0 atom stereocenters. The van der Waals surface area contributed by atoms with Crippen LogP contribution < -0.4 is 4.74 Å². The van der Waals surface area contributed by atoms with Gasteiger partial charge in [0.1, 0.15) is 11.6 Å². The Labute approximate surface area is 193 Å². The van der Waals surface area contributed by atoms with Crippen molar-refractivity contribution >= 4 is 10.9 Å². The molecule has 0 fully saturated rings. The molecule has 3 rings (SSSR count). The van der Waals surface area contributed by atoms with Crippen molar-refractivity contribution in [1.29, 1.82) is 0 Å². The fourth-order valence-electron chi connectivity index (χ4n) is 4.19. The van der Waals surface area contributed by atoms with Gasteiger partial charge >= 0.3 is 0 Å². The van der Waals surface area contributed by atoms with Crippen molar-refractivity contribution in [3.63, 3.8) is 0 Å². The second-order valence-electron chi connectivity index (χ2n) is 8.74. The molecule has 2 nitrogen and oxygen atoms in total. The molecule has 0 spiro atoms. The van der Waals surface area contributed by atoms with Gasteiger partial charge in [-0.05, 0) is 30.7 Å². The van der Waals surface area contributed by atoms with E-state index in [1.165, 1.54) is 76.7 Å². The summed E-state index contributed by atoms with van der Waals surface area (Å²) < 4.78 is 20.4. The number of unbranched alkanes of at least 4 members (excludes halogenated alkanes) is 11. The topological polar surface area (TPSA) is 22.1 Å². The molecule has 172 valence electrons. The number of halogens is 1. The summed E-state index contributed by atoms with van der Waals surface area (Å²) in [5, 5.41) is 0.978. The predicted molar refractivity (Wildman–Crippen MR) is 134 cm³/mol. The Bertz CT molecular complexity index is 939. The standard InChI is InChI=1S/C29H38FNO/c1-2-3-4-5-6-7-8-9-10-11-12-17-22-32-29-23-28(24-18-13-15-20-26(24)30)31-27-21-16-14-19-25(27)29/h13-16,18-21,23H,2-12,17,22H2,1H3. The Hall–Kier alpha value is -2.42. The van der Waals surface area contributed by atoms with Crippen LogP contribution in [0, 0.1) is 5.82 Å². The highest BCUT2D eigenvalue weighted by atomic mass is 19.1. The van der Waals surface area contributed by atoms with E-state index in [0.29, 0.717) is 17.9 Å². The van der Waals surface area contributed by atoms with Gasteiger partial charge in [0.15, 0.2) is 0 Å². The van der Waals surface area contributed by atoms with E-state index in [2.05, 4.69) is 11.9 Å². The maximum atomic E-state index is 14.3. The second-order valence-corrected chi connectivity index (χ2v) is 8.74. The third-order valence-corrected chi connectivity index (χ3v) is 6.08. The molecule has 0 aliphatic carbocycles. The van der Waals surface area contributed by atoms with E-state index in [1.54, 1.807) is 12.1 Å². The summed E-state index contributed by atoms with van der Waals surface area (Å²) in [6.07, 6.45) is 15.9. The van der Waals surface area contributed by atoms with Gasteiger partial charge in [-0.25, -0.2) is 9.37 Å². The smallest absolute Gasteiger partial charge is 0.132 e. The van der Waals surface area contributed by atoms with E-state index in [-0.39, 0.29) is 5.82 Å². The maximum Gasteiger partial charge on any atom is 0.132 e. The van der Waals surface area contributed by atoms with Crippen LogP contribution in [0.5, 0.6) is 5.75 Å². The first-order valence-corrected chi connectivity index (χ1v) is 12.6. The summed E-state index contributed by atoms with van der Waals surface area (Å²) in [6, 6.07) is 16.6. The van der Waals surface area contributed by atoms with Gasteiger partial charge in [0.05, 0.1) is 17.8 Å². The van der Waals surface area contributed by atoms with Crippen LogP contribution in [0.15, 0.2) is 54.6 Å². The molecule has 3 aromatic rings. The zero-order chi connectivity index (χ0) is 22.4. The van der Waals surface area contributed by atoms with Gasteiger partial charge in [-0.15, -0.1) is 0 Å². The second kappa shape index (κ2) is 13.9. The molecule has 0 saturated heterocycles. The summed E-state index contributed by atoms with van der Waals surface area (Å²) in [4.78, 5) is 4.66. The lowest BCUT2D eigenvalue weighted by Gasteiger charge is -2.12. The van der Waals surface area contributed by atoms with Crippen molar-refractivity contribution in [3.8, 4) is 17.0 Å². The number of hydrogen-bond acceptors (Lipinski definition) is 2. The summed E-state index contributed by atoms with van der Waals surface area (Å²) >= 11 is 0. The monoisotopic (exact) mass is 435 g/mol. The van der Waals surface area contributed by atoms with E-state index in [1.807, 2.05) is 36.4 Å². The van der Waals surface area contributed by atoms with Crippen LogP contribution in [-0.2, 0) is 0 Å². The van der Waals surface area contributed by atoms with Crippen LogP contribution in [0.4, 0.5) is 4.39 Å². The third kappa shape index (κ3) is 7.62. The number of ether oxygens (including phenoxy) is 1. The van der Waals surface area contributed by atoms with Crippen LogP contribution in [0.1, 0.15) is 84.0 Å². The molecule has 0 radical (unpaired) electrons. The molecular formula is C29H38FNO. The fraction of sp³-hybridized carbons (Fsp3) is 0.483. The highest BCUT2D eigenvalue weighted by molar-refractivity contribution is 5.87. The van der Waals surface area contributed by atoms with Crippen molar-refractivity contribution in [2.45, 2.75) is 84.0 Å². The lowest BCUT2D eigenvalue weighted by molar-refractivity contribution is 0.307. The van der Waals surface area contributed by atoms with Gasteiger partial charge in [0.25, 0.3) is 0 Å². The molecule has 0 unspecified atom stereocenters. The number of pyridine rings is 1. The maximum absolute atomic E-state index is 14.3. The predicted octanol–water partition coefficient (Wildman–Crippen LogP) is 9.12. The van der Waals surface area contributed by atoms with Gasteiger partial charge in [-0.3, -0.25) is 0 Å². The third-order valence-electron chi connectivity index (χ3n) is 6.08. The number of benzene rings is 2. The van der Waals surface area contributed by atoms with Gasteiger partial charge in [-0.2, -0.15) is 0 Å². The van der Waals surface area contributed by atoms with Gasteiger partial charge in [0, 0.05) is 17.0 Å². The first kappa shape index (κ1) is 24.2. The summed E-state index contributed by atoms with van der Waals surface area (Å²) in [6.45, 7) is 2.95. The van der Waals surface area contributed by atoms with Crippen LogP contribution in [0.25, 0.3) is 22.2 Å². The van der Waals surface area contributed by atoms with Crippen LogP contribution in [-0.4, -0.2) is 11.6 Å². The molecule has 0 bridgehead atoms. The molecule has 0 saturated carbocycles. The molecule has 0 N–H and O–H groups in total. The zero-order valence-corrected chi connectivity index (χ0v) is 19.6. The Morgan fingerprint density at radius 1 is 0.719 bits per heavy atom. The molecular weight excluding hydrogens is 397 g/mol. The van der Waals surface area contributed by atoms with E-state index in [0.717, 1.165) is 23.1 Å². The molecule has 0 aliphatic rings. The average Bonchev–Trinajstić information content (AvgIpc) is 2.82. The highest BCUT2D eigenvalue weighted by Crippen LogP contribution is 2.31. The van der Waals surface area contributed by atoms with Crippen molar-refractivity contribution in [1.82, 2.24) is 4.98 Å². The van der Waals surface area contributed by atoms with Gasteiger partial charge in [0.2, 0.25) is 0 Å². The average molecular weight is 436 g/mol. The Morgan fingerprint density at radius 2 is 1.31 bits per heavy atom. The molecule has 0 aliphatic heterocycles. The van der Waals surface area contributed by atoms with E-state index >= 15 is 0 Å². The fourth-order valence-corrected chi connectivity index (χ4v) is 4.19. The van der Waals surface area contributed by atoms with Crippen LogP contribution >= 0.6 is 0 Å². The van der Waals surface area contributed by atoms with Gasteiger partial charge < -0.3 is 4.74 Å². The SMILES string of the molecule is CCCCCCCCCCCCCCOc1cc(-c2ccccc2F)nc2ccccc12. The normalized spacial score (nSPS) is 11.2.